The van der Waals surface area contributed by atoms with Crippen LogP contribution in [-0.2, 0) is 19.4 Å². The largest absolute Gasteiger partial charge is 0.341 e. The van der Waals surface area contributed by atoms with E-state index in [1.165, 1.54) is 26.7 Å². The molecule has 1 aliphatic rings. The minimum atomic E-state index is 0.588. The average molecular weight is 540 g/mol. The van der Waals surface area contributed by atoms with Gasteiger partial charge in [0.2, 0.25) is 0 Å². The summed E-state index contributed by atoms with van der Waals surface area (Å²) in [5.41, 5.74) is 7.96. The average Bonchev–Trinajstić information content (AvgIpc) is 3.69. The van der Waals surface area contributed by atoms with Gasteiger partial charge in [0.15, 0.2) is 0 Å². The number of para-hydroxylation sites is 2. The van der Waals surface area contributed by atoms with Gasteiger partial charge in [0.1, 0.15) is 16.8 Å². The summed E-state index contributed by atoms with van der Waals surface area (Å²) < 4.78 is 4.26. The highest BCUT2D eigenvalue weighted by Crippen LogP contribution is 2.36. The minimum Gasteiger partial charge on any atom is -0.341 e. The molecule has 6 heteroatoms. The molecule has 0 saturated carbocycles. The Morgan fingerprint density at radius 2 is 1.85 bits per heavy atom. The predicted molar refractivity (Wildman–Crippen MR) is 164 cm³/mol. The van der Waals surface area contributed by atoms with E-state index >= 15 is 0 Å². The fourth-order valence-electron chi connectivity index (χ4n) is 5.92. The molecule has 0 bridgehead atoms. The van der Waals surface area contributed by atoms with Crippen LogP contribution in [0.5, 0.6) is 0 Å². The Balaban J connectivity index is 1.40. The molecule has 6 aromatic rings. The smallest absolute Gasteiger partial charge is 0.134 e. The van der Waals surface area contributed by atoms with Crippen LogP contribution in [0.1, 0.15) is 41.4 Å². The quantitative estimate of drug-likeness (QED) is 0.207. The van der Waals surface area contributed by atoms with E-state index in [9.17, 15) is 5.26 Å². The second-order valence-electron chi connectivity index (χ2n) is 10.6. The maximum absolute atomic E-state index is 10.2. The molecule has 0 aliphatic heterocycles. The highest BCUT2D eigenvalue weighted by Gasteiger charge is 2.22. The van der Waals surface area contributed by atoms with Crippen molar-refractivity contribution in [3.05, 3.63) is 100 Å². The number of nitrogens with zero attached hydrogens (tertiary/aromatic N) is 5. The summed E-state index contributed by atoms with van der Waals surface area (Å²) in [7, 11) is 0. The summed E-state index contributed by atoms with van der Waals surface area (Å²) >= 11 is 1.67. The fourth-order valence-corrected chi connectivity index (χ4v) is 7.16. The molecule has 5 nitrogen and oxygen atoms in total. The van der Waals surface area contributed by atoms with Gasteiger partial charge in [-0.15, -0.1) is 11.3 Å². The molecule has 40 heavy (non-hydrogen) atoms. The Morgan fingerprint density at radius 3 is 2.67 bits per heavy atom. The number of hydrogen-bond acceptors (Lipinski definition) is 4. The van der Waals surface area contributed by atoms with E-state index in [2.05, 4.69) is 66.9 Å². The lowest BCUT2D eigenvalue weighted by molar-refractivity contribution is 0.502. The first-order valence-corrected chi connectivity index (χ1v) is 14.7. The number of allylic oxidation sites excluding steroid dienone is 1. The van der Waals surface area contributed by atoms with Crippen molar-refractivity contribution in [2.45, 2.75) is 39.7 Å². The number of nitriles is 1. The first-order chi connectivity index (χ1) is 19.6. The number of hydrogen-bond donors (Lipinski definition) is 0. The molecule has 0 N–H and O–H groups in total. The Kier molecular flexibility index (Phi) is 6.10. The molecular weight excluding hydrogens is 510 g/mol. The molecule has 0 radical (unpaired) electrons. The van der Waals surface area contributed by atoms with Gasteiger partial charge in [0.05, 0.1) is 17.0 Å². The summed E-state index contributed by atoms with van der Waals surface area (Å²) in [4.78, 5) is 6.23. The van der Waals surface area contributed by atoms with Gasteiger partial charge in [0, 0.05) is 50.6 Å². The molecular formula is C34H29N5S. The van der Waals surface area contributed by atoms with Crippen LogP contribution < -0.4 is 0 Å². The van der Waals surface area contributed by atoms with Gasteiger partial charge < -0.3 is 4.57 Å². The van der Waals surface area contributed by atoms with Crippen molar-refractivity contribution >= 4 is 44.8 Å². The lowest BCUT2D eigenvalue weighted by Gasteiger charge is -2.15. The van der Waals surface area contributed by atoms with E-state index in [4.69, 9.17) is 10.1 Å². The van der Waals surface area contributed by atoms with E-state index in [0.29, 0.717) is 11.5 Å². The van der Waals surface area contributed by atoms with Crippen molar-refractivity contribution in [3.8, 4) is 23.0 Å². The number of aromatic nitrogens is 4. The fraction of sp³-hybridized carbons (Fsp3) is 0.206. The topological polar surface area (TPSA) is 59.4 Å². The van der Waals surface area contributed by atoms with Crippen molar-refractivity contribution in [3.63, 3.8) is 0 Å². The van der Waals surface area contributed by atoms with Gasteiger partial charge in [-0.3, -0.25) is 0 Å². The third kappa shape index (κ3) is 4.14. The van der Waals surface area contributed by atoms with Crippen LogP contribution >= 0.6 is 11.3 Å². The Morgan fingerprint density at radius 1 is 1.05 bits per heavy atom. The number of fused-ring (bicyclic) bond motifs is 4. The van der Waals surface area contributed by atoms with E-state index in [1.807, 2.05) is 47.3 Å². The molecule has 1 atom stereocenters. The van der Waals surface area contributed by atoms with Crippen molar-refractivity contribution in [2.75, 3.05) is 0 Å². The normalized spacial score (nSPS) is 15.4. The zero-order chi connectivity index (χ0) is 27.2. The van der Waals surface area contributed by atoms with Crippen molar-refractivity contribution < 1.29 is 0 Å². The van der Waals surface area contributed by atoms with Gasteiger partial charge in [-0.05, 0) is 68.5 Å². The molecule has 0 spiro atoms. The molecule has 3 heterocycles. The maximum Gasteiger partial charge on any atom is 0.134 e. The maximum atomic E-state index is 10.2. The summed E-state index contributed by atoms with van der Waals surface area (Å²) in [6.45, 7) is 5.38. The summed E-state index contributed by atoms with van der Waals surface area (Å²) in [5.74, 6) is 0.666. The molecule has 0 amide bonds. The molecule has 3 aromatic heterocycles. The third-order valence-corrected chi connectivity index (χ3v) is 9.12. The number of rotatable bonds is 5. The lowest BCUT2D eigenvalue weighted by atomic mass is 9.93. The number of aryl methyl sites for hydroxylation is 2. The van der Waals surface area contributed by atoms with Gasteiger partial charge in [0.25, 0.3) is 0 Å². The minimum absolute atomic E-state index is 0.588. The highest BCUT2D eigenvalue weighted by atomic mass is 32.1. The number of benzene rings is 3. The molecule has 1 aliphatic carbocycles. The van der Waals surface area contributed by atoms with Crippen LogP contribution in [0.4, 0.5) is 0 Å². The Bertz CT molecular complexity index is 1950. The van der Waals surface area contributed by atoms with Crippen LogP contribution in [0, 0.1) is 17.2 Å². The van der Waals surface area contributed by atoms with Gasteiger partial charge in [-0.2, -0.15) is 10.4 Å². The second-order valence-corrected chi connectivity index (χ2v) is 11.7. The zero-order valence-corrected chi connectivity index (χ0v) is 23.4. The van der Waals surface area contributed by atoms with Gasteiger partial charge in [-0.25, -0.2) is 9.67 Å². The van der Waals surface area contributed by atoms with Crippen LogP contribution in [0.25, 0.3) is 50.4 Å². The number of thiazole rings is 1. The zero-order valence-electron chi connectivity index (χ0n) is 22.6. The summed E-state index contributed by atoms with van der Waals surface area (Å²) in [5, 5.41) is 18.6. The summed E-state index contributed by atoms with van der Waals surface area (Å²) in [6, 6.07) is 27.7. The first-order valence-electron chi connectivity index (χ1n) is 13.9. The van der Waals surface area contributed by atoms with E-state index in [1.54, 1.807) is 11.3 Å². The van der Waals surface area contributed by atoms with Gasteiger partial charge in [-0.1, -0.05) is 49.4 Å². The van der Waals surface area contributed by atoms with Gasteiger partial charge >= 0.3 is 0 Å². The monoisotopic (exact) mass is 539 g/mol. The molecule has 1 unspecified atom stereocenters. The first kappa shape index (κ1) is 24.6. The van der Waals surface area contributed by atoms with Crippen molar-refractivity contribution in [1.29, 1.82) is 5.26 Å². The van der Waals surface area contributed by atoms with E-state index < -0.39 is 0 Å². The lowest BCUT2D eigenvalue weighted by Crippen LogP contribution is -2.09. The molecule has 7 rings (SSSR count). The van der Waals surface area contributed by atoms with Crippen molar-refractivity contribution in [2.24, 2.45) is 5.92 Å². The second kappa shape index (κ2) is 9.93. The molecule has 0 saturated heterocycles. The molecule has 0 fully saturated rings. The SMILES string of the molecule is CCn1c2ccccc2c2cc(-c3nn(-c4ccccc4)cc3C=C(C#N)c3nc4c(s3)CC(C)CC4)ccc21. The molecule has 196 valence electrons. The third-order valence-electron chi connectivity index (χ3n) is 7.96. The van der Waals surface area contributed by atoms with Crippen LogP contribution in [-0.4, -0.2) is 19.3 Å². The van der Waals surface area contributed by atoms with Crippen LogP contribution in [0.2, 0.25) is 0 Å². The van der Waals surface area contributed by atoms with E-state index in [0.717, 1.165) is 59.0 Å². The standard InChI is InChI=1S/C34H29N5S/c1-3-38-30-12-8-7-11-27(30)28-19-23(14-16-31(28)38)33-25(21-39(37-33)26-9-5-4-6-10-26)18-24(20-35)34-36-29-15-13-22(2)17-32(29)40-34/h4-12,14,16,18-19,21-22H,3,13,15,17H2,1-2H3. The molecule has 3 aromatic carbocycles. The Labute approximate surface area is 237 Å². The summed E-state index contributed by atoms with van der Waals surface area (Å²) in [6.07, 6.45) is 7.20. The van der Waals surface area contributed by atoms with E-state index in [-0.39, 0.29) is 0 Å². The predicted octanol–water partition coefficient (Wildman–Crippen LogP) is 8.31. The Hall–Kier alpha value is -4.47. The highest BCUT2D eigenvalue weighted by molar-refractivity contribution is 7.13. The van der Waals surface area contributed by atoms with Crippen molar-refractivity contribution in [1.82, 2.24) is 19.3 Å². The van der Waals surface area contributed by atoms with Crippen LogP contribution in [0.3, 0.4) is 0 Å². The van der Waals surface area contributed by atoms with Crippen LogP contribution in [0.15, 0.2) is 79.0 Å².